The molecule has 8 heteroatoms. The van der Waals surface area contributed by atoms with Crippen molar-refractivity contribution >= 4 is 24.0 Å². The zero-order chi connectivity index (χ0) is 21.2. The van der Waals surface area contributed by atoms with Crippen LogP contribution in [0, 0.1) is 5.92 Å². The number of benzene rings is 1. The first-order valence-electron chi connectivity index (χ1n) is 9.60. The fraction of sp³-hybridized carbons (Fsp3) is 0.476. The molecule has 0 unspecified atom stereocenters. The maximum Gasteiger partial charge on any atom is 0.331 e. The van der Waals surface area contributed by atoms with Gasteiger partial charge in [-0.1, -0.05) is 31.9 Å². The molecule has 2 N–H and O–H groups in total. The minimum Gasteiger partial charge on any atom is -0.493 e. The average Bonchev–Trinajstić information content (AvgIpc) is 2.71. The summed E-state index contributed by atoms with van der Waals surface area (Å²) < 4.78 is 15.3. The van der Waals surface area contributed by atoms with Gasteiger partial charge in [0.15, 0.2) is 18.1 Å². The van der Waals surface area contributed by atoms with Gasteiger partial charge >= 0.3 is 12.0 Å². The van der Waals surface area contributed by atoms with Gasteiger partial charge in [0.05, 0.1) is 14.2 Å². The van der Waals surface area contributed by atoms with E-state index in [1.165, 1.54) is 26.4 Å². The summed E-state index contributed by atoms with van der Waals surface area (Å²) >= 11 is 0. The van der Waals surface area contributed by atoms with E-state index in [0.29, 0.717) is 23.0 Å². The van der Waals surface area contributed by atoms with Gasteiger partial charge in [-0.25, -0.2) is 9.59 Å². The molecule has 2 atom stereocenters. The third kappa shape index (κ3) is 6.81. The molecule has 8 nitrogen and oxygen atoms in total. The Hall–Kier alpha value is -3.03. The molecule has 1 aliphatic carbocycles. The Morgan fingerprint density at radius 2 is 1.90 bits per heavy atom. The van der Waals surface area contributed by atoms with E-state index in [1.54, 1.807) is 18.2 Å². The topological polar surface area (TPSA) is 103 Å². The van der Waals surface area contributed by atoms with Crippen LogP contribution in [0.5, 0.6) is 11.5 Å². The van der Waals surface area contributed by atoms with Crippen LogP contribution < -0.4 is 20.1 Å². The number of nitrogens with one attached hydrogen (secondary N) is 2. The Morgan fingerprint density at radius 1 is 1.14 bits per heavy atom. The summed E-state index contributed by atoms with van der Waals surface area (Å²) in [6.07, 6.45) is 6.85. The van der Waals surface area contributed by atoms with Crippen LogP contribution in [0.1, 0.15) is 38.2 Å². The van der Waals surface area contributed by atoms with E-state index in [-0.39, 0.29) is 6.04 Å². The van der Waals surface area contributed by atoms with E-state index in [0.717, 1.165) is 25.7 Å². The highest BCUT2D eigenvalue weighted by Gasteiger charge is 2.23. The van der Waals surface area contributed by atoms with Crippen LogP contribution >= 0.6 is 0 Å². The average molecular weight is 404 g/mol. The van der Waals surface area contributed by atoms with E-state index in [4.69, 9.17) is 14.2 Å². The molecular weight excluding hydrogens is 376 g/mol. The van der Waals surface area contributed by atoms with Gasteiger partial charge in [-0.2, -0.15) is 0 Å². The second-order valence-electron chi connectivity index (χ2n) is 6.91. The number of hydrogen-bond acceptors (Lipinski definition) is 6. The lowest BCUT2D eigenvalue weighted by molar-refractivity contribution is -0.143. The maximum atomic E-state index is 11.9. The first-order valence-corrected chi connectivity index (χ1v) is 9.60. The zero-order valence-electron chi connectivity index (χ0n) is 17.0. The van der Waals surface area contributed by atoms with Crippen molar-refractivity contribution in [1.29, 1.82) is 0 Å². The molecule has 1 fully saturated rings. The smallest absolute Gasteiger partial charge is 0.331 e. The van der Waals surface area contributed by atoms with E-state index >= 15 is 0 Å². The van der Waals surface area contributed by atoms with Gasteiger partial charge in [0.25, 0.3) is 5.91 Å². The summed E-state index contributed by atoms with van der Waals surface area (Å²) in [6.45, 7) is 1.53. The van der Waals surface area contributed by atoms with E-state index < -0.39 is 24.5 Å². The van der Waals surface area contributed by atoms with Crippen molar-refractivity contribution in [3.63, 3.8) is 0 Å². The van der Waals surface area contributed by atoms with Gasteiger partial charge in [-0.3, -0.25) is 10.1 Å². The van der Waals surface area contributed by atoms with Crippen molar-refractivity contribution in [2.24, 2.45) is 5.92 Å². The monoisotopic (exact) mass is 404 g/mol. The summed E-state index contributed by atoms with van der Waals surface area (Å²) in [5.74, 6) is -0.0229. The number of esters is 1. The Labute approximate surface area is 170 Å². The predicted octanol–water partition coefficient (Wildman–Crippen LogP) is 2.66. The second kappa shape index (κ2) is 11.1. The highest BCUT2D eigenvalue weighted by atomic mass is 16.5. The number of ether oxygens (including phenoxy) is 3. The Balaban J connectivity index is 1.79. The largest absolute Gasteiger partial charge is 0.493 e. The van der Waals surface area contributed by atoms with Crippen molar-refractivity contribution in [1.82, 2.24) is 10.6 Å². The van der Waals surface area contributed by atoms with Gasteiger partial charge in [0.2, 0.25) is 0 Å². The number of carbonyl (C=O) groups excluding carboxylic acids is 3. The molecule has 158 valence electrons. The minimum absolute atomic E-state index is 0.0554. The summed E-state index contributed by atoms with van der Waals surface area (Å²) in [5, 5.41) is 4.99. The van der Waals surface area contributed by atoms with E-state index in [1.807, 2.05) is 0 Å². The molecule has 3 amide bonds. The number of urea groups is 1. The number of amides is 3. The van der Waals surface area contributed by atoms with Crippen LogP contribution in [0.15, 0.2) is 24.3 Å². The molecule has 1 aromatic carbocycles. The number of methoxy groups -OCH3 is 2. The standard InChI is InChI=1S/C21H28N2O6/c1-14-7-4-5-9-16(14)22-21(26)23-18(24)13-29-19(25)12-11-15-8-6-10-17(27-2)20(15)28-3/h6,8,10-12,14,16H,4-5,7,9,13H2,1-3H3,(H2,22,23,24,26)/b12-11+/t14-,16+/m1/s1. The normalized spacial score (nSPS) is 18.7. The van der Waals surface area contributed by atoms with Crippen molar-refractivity contribution in [3.8, 4) is 11.5 Å². The number of carbonyl (C=O) groups is 3. The molecule has 0 aromatic heterocycles. The third-order valence-corrected chi connectivity index (χ3v) is 4.86. The first kappa shape index (κ1) is 22.3. The van der Waals surface area contributed by atoms with Crippen LogP contribution in [0.25, 0.3) is 6.08 Å². The summed E-state index contributed by atoms with van der Waals surface area (Å²) in [6, 6.07) is 4.72. The van der Waals surface area contributed by atoms with Crippen molar-refractivity contribution < 1.29 is 28.6 Å². The SMILES string of the molecule is COc1cccc(/C=C/C(=O)OCC(=O)NC(=O)N[C@H]2CCCC[C@H]2C)c1OC. The van der Waals surface area contributed by atoms with E-state index in [2.05, 4.69) is 17.6 Å². The Bertz CT molecular complexity index is 762. The third-order valence-electron chi connectivity index (χ3n) is 4.86. The predicted molar refractivity (Wildman–Crippen MR) is 108 cm³/mol. The molecule has 0 bridgehead atoms. The molecule has 1 aliphatic rings. The van der Waals surface area contributed by atoms with Gasteiger partial charge in [0.1, 0.15) is 0 Å². The van der Waals surface area contributed by atoms with Crippen LogP contribution in [-0.4, -0.2) is 44.8 Å². The van der Waals surface area contributed by atoms with Crippen LogP contribution in [0.2, 0.25) is 0 Å². The van der Waals surface area contributed by atoms with Crippen molar-refractivity contribution in [2.45, 2.75) is 38.6 Å². The zero-order valence-corrected chi connectivity index (χ0v) is 17.0. The fourth-order valence-corrected chi connectivity index (χ4v) is 3.28. The second-order valence-corrected chi connectivity index (χ2v) is 6.91. The summed E-state index contributed by atoms with van der Waals surface area (Å²) in [4.78, 5) is 35.6. The van der Waals surface area contributed by atoms with Crippen LogP contribution in [0.4, 0.5) is 4.79 Å². The molecule has 0 heterocycles. The van der Waals surface area contributed by atoms with Crippen molar-refractivity contribution in [3.05, 3.63) is 29.8 Å². The molecule has 0 aliphatic heterocycles. The van der Waals surface area contributed by atoms with Gasteiger partial charge in [0, 0.05) is 17.7 Å². The van der Waals surface area contributed by atoms with Gasteiger partial charge in [-0.15, -0.1) is 0 Å². The number of para-hydroxylation sites is 1. The van der Waals surface area contributed by atoms with Gasteiger partial charge < -0.3 is 19.5 Å². The van der Waals surface area contributed by atoms with E-state index in [9.17, 15) is 14.4 Å². The highest BCUT2D eigenvalue weighted by Crippen LogP contribution is 2.31. The number of hydrogen-bond donors (Lipinski definition) is 2. The maximum absolute atomic E-state index is 11.9. The minimum atomic E-state index is -0.716. The fourth-order valence-electron chi connectivity index (χ4n) is 3.28. The van der Waals surface area contributed by atoms with Gasteiger partial charge in [-0.05, 0) is 30.9 Å². The molecule has 1 saturated carbocycles. The number of imide groups is 1. The molecule has 29 heavy (non-hydrogen) atoms. The lowest BCUT2D eigenvalue weighted by Crippen LogP contribution is -2.48. The molecule has 0 saturated heterocycles. The highest BCUT2D eigenvalue weighted by molar-refractivity contribution is 5.96. The lowest BCUT2D eigenvalue weighted by atomic mass is 9.86. The first-order chi connectivity index (χ1) is 13.9. The summed E-state index contributed by atoms with van der Waals surface area (Å²) in [7, 11) is 3.01. The molecule has 0 radical (unpaired) electrons. The lowest BCUT2D eigenvalue weighted by Gasteiger charge is -2.29. The van der Waals surface area contributed by atoms with Crippen molar-refractivity contribution in [2.75, 3.05) is 20.8 Å². The summed E-state index contributed by atoms with van der Waals surface area (Å²) in [5.41, 5.74) is 0.620. The Morgan fingerprint density at radius 3 is 2.59 bits per heavy atom. The molecule has 1 aromatic rings. The van der Waals surface area contributed by atoms with Crippen LogP contribution in [-0.2, 0) is 14.3 Å². The van der Waals surface area contributed by atoms with Crippen LogP contribution in [0.3, 0.4) is 0 Å². The molecule has 0 spiro atoms. The molecular formula is C21H28N2O6. The quantitative estimate of drug-likeness (QED) is 0.535. The Kier molecular flexibility index (Phi) is 8.51. The number of rotatable bonds is 7. The molecule has 2 rings (SSSR count).